The van der Waals surface area contributed by atoms with E-state index in [2.05, 4.69) is 15.3 Å². The molecule has 0 radical (unpaired) electrons. The molecular formula is C18H16F4N4O2. The highest BCUT2D eigenvalue weighted by Gasteiger charge is 2.40. The minimum absolute atomic E-state index is 0.00983. The Morgan fingerprint density at radius 1 is 1.14 bits per heavy atom. The van der Waals surface area contributed by atoms with Gasteiger partial charge >= 0.3 is 6.18 Å². The van der Waals surface area contributed by atoms with Crippen LogP contribution in [-0.2, 0) is 11.0 Å². The Hall–Kier alpha value is -3.04. The van der Waals surface area contributed by atoms with Crippen molar-refractivity contribution in [1.29, 1.82) is 0 Å². The van der Waals surface area contributed by atoms with E-state index in [9.17, 15) is 27.2 Å². The summed E-state index contributed by atoms with van der Waals surface area (Å²) >= 11 is 0. The fraction of sp³-hybridized carbons (Fsp3) is 0.333. The monoisotopic (exact) mass is 396 g/mol. The molecule has 148 valence electrons. The van der Waals surface area contributed by atoms with Crippen molar-refractivity contribution in [3.05, 3.63) is 53.9 Å². The van der Waals surface area contributed by atoms with Crippen molar-refractivity contribution in [3.63, 3.8) is 0 Å². The number of hydrogen-bond donors (Lipinski definition) is 1. The van der Waals surface area contributed by atoms with E-state index < -0.39 is 36.3 Å². The van der Waals surface area contributed by atoms with Gasteiger partial charge in [-0.1, -0.05) is 0 Å². The third-order valence-electron chi connectivity index (χ3n) is 4.19. The summed E-state index contributed by atoms with van der Waals surface area (Å²) in [5.74, 6) is -1.59. The highest BCUT2D eigenvalue weighted by Crippen LogP contribution is 2.35. The molecule has 0 bridgehead atoms. The number of rotatable bonds is 6. The van der Waals surface area contributed by atoms with Crippen molar-refractivity contribution >= 4 is 17.8 Å². The minimum atomic E-state index is -4.52. The van der Waals surface area contributed by atoms with Gasteiger partial charge in [0.2, 0.25) is 11.9 Å². The number of halogens is 4. The van der Waals surface area contributed by atoms with Crippen molar-refractivity contribution in [2.75, 3.05) is 18.4 Å². The third kappa shape index (κ3) is 5.02. The predicted octanol–water partition coefficient (Wildman–Crippen LogP) is 2.93. The largest absolute Gasteiger partial charge is 0.416 e. The molecule has 6 nitrogen and oxygen atoms in total. The molecule has 1 fully saturated rings. The van der Waals surface area contributed by atoms with Gasteiger partial charge < -0.3 is 4.90 Å². The fourth-order valence-electron chi connectivity index (χ4n) is 2.59. The number of aromatic nitrogens is 2. The standard InChI is InChI=1S/C18H16F4N4O2/c19-14-8-12(14)9-26(10-15(27)25-17-23-6-1-7-24-17)16(28)11-2-4-13(5-3-11)18(20,21)22/h1-7,12,14H,8-10H2,(H,23,24,25,27)/t12?,14-/m1/s1. The molecular weight excluding hydrogens is 380 g/mol. The minimum Gasteiger partial charge on any atom is -0.329 e. The molecule has 1 aromatic carbocycles. The summed E-state index contributed by atoms with van der Waals surface area (Å²) in [6.45, 7) is -0.411. The van der Waals surface area contributed by atoms with Crippen LogP contribution in [0.2, 0.25) is 0 Å². The first-order chi connectivity index (χ1) is 13.2. The van der Waals surface area contributed by atoms with Crippen LogP contribution in [0.1, 0.15) is 22.3 Å². The molecule has 0 spiro atoms. The Labute approximate surface area is 157 Å². The van der Waals surface area contributed by atoms with Crippen molar-refractivity contribution in [3.8, 4) is 0 Å². The molecule has 2 aromatic rings. The Morgan fingerprint density at radius 3 is 2.29 bits per heavy atom. The third-order valence-corrected chi connectivity index (χ3v) is 4.19. The van der Waals surface area contributed by atoms with Crippen LogP contribution >= 0.6 is 0 Å². The molecule has 0 aliphatic heterocycles. The molecule has 10 heteroatoms. The smallest absolute Gasteiger partial charge is 0.329 e. The lowest BCUT2D eigenvalue weighted by atomic mass is 10.1. The number of carbonyl (C=O) groups is 2. The molecule has 0 saturated heterocycles. The zero-order valence-electron chi connectivity index (χ0n) is 14.5. The van der Waals surface area contributed by atoms with Gasteiger partial charge in [0.05, 0.1) is 5.56 Å². The van der Waals surface area contributed by atoms with Gasteiger partial charge in [-0.25, -0.2) is 14.4 Å². The Kier molecular flexibility index (Phi) is 5.57. The summed E-state index contributed by atoms with van der Waals surface area (Å²) in [4.78, 5) is 33.7. The van der Waals surface area contributed by atoms with Crippen LogP contribution < -0.4 is 5.32 Å². The highest BCUT2D eigenvalue weighted by atomic mass is 19.4. The normalized spacial score (nSPS) is 18.4. The maximum Gasteiger partial charge on any atom is 0.416 e. The second kappa shape index (κ2) is 7.91. The lowest BCUT2D eigenvalue weighted by molar-refractivity contribution is -0.137. The first-order valence-electron chi connectivity index (χ1n) is 8.41. The van der Waals surface area contributed by atoms with Crippen LogP contribution in [0, 0.1) is 5.92 Å². The van der Waals surface area contributed by atoms with Gasteiger partial charge in [0.15, 0.2) is 0 Å². The SMILES string of the molecule is O=C(CN(CC1C[C@H]1F)C(=O)c1ccc(C(F)(F)F)cc1)Nc1ncccn1. The van der Waals surface area contributed by atoms with Gasteiger partial charge in [0.25, 0.3) is 5.91 Å². The number of benzene rings is 1. The summed E-state index contributed by atoms with van der Waals surface area (Å²) in [6, 6.07) is 5.22. The molecule has 28 heavy (non-hydrogen) atoms. The molecule has 1 aliphatic carbocycles. The Balaban J connectivity index is 1.71. The van der Waals surface area contributed by atoms with E-state index in [1.165, 1.54) is 12.4 Å². The zero-order chi connectivity index (χ0) is 20.3. The van der Waals surface area contributed by atoms with E-state index in [-0.39, 0.29) is 30.4 Å². The van der Waals surface area contributed by atoms with Gasteiger partial charge in [-0.05, 0) is 36.8 Å². The average molecular weight is 396 g/mol. The van der Waals surface area contributed by atoms with Crippen LogP contribution in [-0.4, -0.2) is 45.9 Å². The highest BCUT2D eigenvalue weighted by molar-refractivity contribution is 5.98. The maximum atomic E-state index is 13.3. The number of amides is 2. The molecule has 2 amide bonds. The molecule has 1 unspecified atom stereocenters. The van der Waals surface area contributed by atoms with Crippen LogP contribution in [0.25, 0.3) is 0 Å². The molecule has 3 rings (SSSR count). The Bertz CT molecular complexity index is 843. The number of anilines is 1. The van der Waals surface area contributed by atoms with Gasteiger partial charge in [-0.2, -0.15) is 13.2 Å². The molecule has 1 aromatic heterocycles. The number of nitrogens with zero attached hydrogens (tertiary/aromatic N) is 3. The second-order valence-corrected chi connectivity index (χ2v) is 6.39. The van der Waals surface area contributed by atoms with Gasteiger partial charge in [0.1, 0.15) is 12.7 Å². The van der Waals surface area contributed by atoms with Gasteiger partial charge in [-0.3, -0.25) is 14.9 Å². The lowest BCUT2D eigenvalue weighted by Gasteiger charge is -2.22. The number of alkyl halides is 4. The fourth-order valence-corrected chi connectivity index (χ4v) is 2.59. The number of nitrogens with one attached hydrogen (secondary N) is 1. The Morgan fingerprint density at radius 2 is 1.75 bits per heavy atom. The first kappa shape index (κ1) is 19.7. The lowest BCUT2D eigenvalue weighted by Crippen LogP contribution is -2.39. The second-order valence-electron chi connectivity index (χ2n) is 6.39. The number of hydrogen-bond acceptors (Lipinski definition) is 4. The van der Waals surface area contributed by atoms with Crippen LogP contribution in [0.5, 0.6) is 0 Å². The van der Waals surface area contributed by atoms with E-state index in [1.54, 1.807) is 6.07 Å². The van der Waals surface area contributed by atoms with Crippen molar-refractivity contribution in [2.45, 2.75) is 18.8 Å². The van der Waals surface area contributed by atoms with E-state index in [1.807, 2.05) is 0 Å². The van der Waals surface area contributed by atoms with E-state index in [4.69, 9.17) is 0 Å². The van der Waals surface area contributed by atoms with Crippen molar-refractivity contribution in [2.24, 2.45) is 5.92 Å². The zero-order valence-corrected chi connectivity index (χ0v) is 14.5. The number of carbonyl (C=O) groups excluding carboxylic acids is 2. The van der Waals surface area contributed by atoms with Gasteiger partial charge in [-0.15, -0.1) is 0 Å². The summed E-state index contributed by atoms with van der Waals surface area (Å²) in [6.07, 6.45) is -2.45. The average Bonchev–Trinajstić information content (AvgIpc) is 3.35. The summed E-state index contributed by atoms with van der Waals surface area (Å²) in [5, 5.41) is 2.42. The first-order valence-corrected chi connectivity index (χ1v) is 8.41. The molecule has 2 atom stereocenters. The van der Waals surface area contributed by atoms with E-state index in [0.717, 1.165) is 29.2 Å². The quantitative estimate of drug-likeness (QED) is 0.762. The maximum absolute atomic E-state index is 13.3. The van der Waals surface area contributed by atoms with Crippen LogP contribution in [0.15, 0.2) is 42.7 Å². The van der Waals surface area contributed by atoms with E-state index in [0.29, 0.717) is 0 Å². The van der Waals surface area contributed by atoms with Crippen LogP contribution in [0.3, 0.4) is 0 Å². The van der Waals surface area contributed by atoms with Crippen LogP contribution in [0.4, 0.5) is 23.5 Å². The molecule has 1 saturated carbocycles. The molecule has 1 aliphatic rings. The predicted molar refractivity (Wildman–Crippen MR) is 91.0 cm³/mol. The molecule has 1 N–H and O–H groups in total. The molecule has 1 heterocycles. The van der Waals surface area contributed by atoms with Gasteiger partial charge in [0, 0.05) is 30.4 Å². The van der Waals surface area contributed by atoms with Crippen molar-refractivity contribution in [1.82, 2.24) is 14.9 Å². The summed E-state index contributed by atoms with van der Waals surface area (Å²) in [7, 11) is 0. The topological polar surface area (TPSA) is 75.2 Å². The summed E-state index contributed by atoms with van der Waals surface area (Å²) in [5.41, 5.74) is -0.909. The van der Waals surface area contributed by atoms with E-state index >= 15 is 0 Å². The summed E-state index contributed by atoms with van der Waals surface area (Å²) < 4.78 is 51.3. The van der Waals surface area contributed by atoms with Crippen molar-refractivity contribution < 1.29 is 27.2 Å².